The van der Waals surface area contributed by atoms with Gasteiger partial charge in [0.25, 0.3) is 0 Å². The van der Waals surface area contributed by atoms with E-state index in [0.29, 0.717) is 0 Å². The Kier molecular flexibility index (Phi) is 6.49. The summed E-state index contributed by atoms with van der Waals surface area (Å²) in [7, 11) is -2.07. The van der Waals surface area contributed by atoms with Crippen molar-refractivity contribution in [3.63, 3.8) is 0 Å². The van der Waals surface area contributed by atoms with Gasteiger partial charge in [0.05, 0.1) is 0 Å². The third-order valence-corrected chi connectivity index (χ3v) is 3.89. The van der Waals surface area contributed by atoms with Gasteiger partial charge in [0.2, 0.25) is 0 Å². The molecule has 0 aliphatic rings. The summed E-state index contributed by atoms with van der Waals surface area (Å²) < 4.78 is 61.9. The van der Waals surface area contributed by atoms with E-state index in [-0.39, 0.29) is 12.2 Å². The molecule has 102 valence electrons. The number of alkyl halides is 3. The molecule has 0 radical (unpaired) electrons. The van der Waals surface area contributed by atoms with E-state index in [9.17, 15) is 22.5 Å². The standard InChI is InChI=1S/C6H11F3NO5PS/c1-4(6(7,8)9)15-17-10-5(11)16(12,13-2)14-3/h4H,1-3H3,(H,10,11). The Morgan fingerprint density at radius 2 is 1.82 bits per heavy atom. The molecule has 0 saturated heterocycles. The Labute approximate surface area is 100 Å². The van der Waals surface area contributed by atoms with Gasteiger partial charge in [-0.25, -0.2) is 4.57 Å². The monoisotopic (exact) mass is 297 g/mol. The van der Waals surface area contributed by atoms with Gasteiger partial charge in [-0.2, -0.15) is 13.2 Å². The van der Waals surface area contributed by atoms with Crippen LogP contribution in [0.4, 0.5) is 18.0 Å². The Balaban J connectivity index is 4.15. The third kappa shape index (κ3) is 5.26. The molecule has 17 heavy (non-hydrogen) atoms. The molecular formula is C6H11F3NO5PS. The highest BCUT2D eigenvalue weighted by atomic mass is 32.2. The van der Waals surface area contributed by atoms with Crippen molar-refractivity contribution < 1.29 is 35.8 Å². The largest absolute Gasteiger partial charge is 0.418 e. The van der Waals surface area contributed by atoms with E-state index in [1.54, 1.807) is 4.72 Å². The zero-order valence-corrected chi connectivity index (χ0v) is 10.8. The SMILES string of the molecule is COP(=O)(OC)C(=O)NSOC(C)C(F)(F)F. The summed E-state index contributed by atoms with van der Waals surface area (Å²) >= 11 is 0.00218. The molecule has 0 aromatic heterocycles. The minimum absolute atomic E-state index is 0.00218. The lowest BCUT2D eigenvalue weighted by atomic mass is 10.4. The van der Waals surface area contributed by atoms with Crippen LogP contribution in [0, 0.1) is 0 Å². The average Bonchev–Trinajstić information content (AvgIpc) is 2.26. The van der Waals surface area contributed by atoms with Crippen LogP contribution in [0.15, 0.2) is 0 Å². The van der Waals surface area contributed by atoms with Crippen molar-refractivity contribution in [2.24, 2.45) is 0 Å². The summed E-state index contributed by atoms with van der Waals surface area (Å²) in [5.41, 5.74) is -1.21. The molecule has 11 heteroatoms. The summed E-state index contributed by atoms with van der Waals surface area (Å²) in [5, 5.41) is 0. The number of rotatable bonds is 6. The lowest BCUT2D eigenvalue weighted by molar-refractivity contribution is -0.185. The average molecular weight is 297 g/mol. The second kappa shape index (κ2) is 6.60. The molecule has 0 bridgehead atoms. The minimum atomic E-state index is -4.55. The first kappa shape index (κ1) is 16.7. The molecule has 0 heterocycles. The van der Waals surface area contributed by atoms with Gasteiger partial charge in [-0.1, -0.05) is 0 Å². The van der Waals surface area contributed by atoms with E-state index in [4.69, 9.17) is 0 Å². The number of nitrogens with one attached hydrogen (secondary N) is 1. The quantitative estimate of drug-likeness (QED) is 0.461. The van der Waals surface area contributed by atoms with Crippen LogP contribution in [0.2, 0.25) is 0 Å². The molecule has 0 rings (SSSR count). The highest BCUT2D eigenvalue weighted by molar-refractivity contribution is 7.94. The van der Waals surface area contributed by atoms with Gasteiger partial charge < -0.3 is 9.05 Å². The Morgan fingerprint density at radius 3 is 2.18 bits per heavy atom. The Hall–Kier alpha value is -0.280. The Bertz CT molecular complexity index is 305. The highest BCUT2D eigenvalue weighted by Gasteiger charge is 2.38. The van der Waals surface area contributed by atoms with Gasteiger partial charge in [0.1, 0.15) is 12.2 Å². The van der Waals surface area contributed by atoms with E-state index in [2.05, 4.69) is 13.2 Å². The molecule has 0 aliphatic heterocycles. The van der Waals surface area contributed by atoms with Crippen LogP contribution in [0.1, 0.15) is 6.92 Å². The molecule has 1 atom stereocenters. The first-order chi connectivity index (χ1) is 7.67. The molecule has 1 amide bonds. The first-order valence-corrected chi connectivity index (χ1v) is 6.37. The highest BCUT2D eigenvalue weighted by Crippen LogP contribution is 2.47. The second-order valence-corrected chi connectivity index (χ2v) is 5.33. The maximum atomic E-state index is 12.0. The van der Waals surface area contributed by atoms with Crippen LogP contribution in [-0.4, -0.2) is 32.1 Å². The molecule has 0 saturated carbocycles. The van der Waals surface area contributed by atoms with Gasteiger partial charge in [-0.15, -0.1) is 0 Å². The van der Waals surface area contributed by atoms with Crippen molar-refractivity contribution in [1.29, 1.82) is 0 Å². The van der Waals surface area contributed by atoms with Crippen molar-refractivity contribution in [3.8, 4) is 0 Å². The number of hydrogen-bond acceptors (Lipinski definition) is 6. The van der Waals surface area contributed by atoms with Gasteiger partial charge in [0, 0.05) is 14.2 Å². The van der Waals surface area contributed by atoms with Crippen molar-refractivity contribution in [1.82, 2.24) is 4.72 Å². The van der Waals surface area contributed by atoms with Crippen molar-refractivity contribution in [3.05, 3.63) is 0 Å². The van der Waals surface area contributed by atoms with Crippen LogP contribution in [0.25, 0.3) is 0 Å². The summed E-state index contributed by atoms with van der Waals surface area (Å²) in [6.07, 6.45) is -6.64. The molecule has 1 unspecified atom stereocenters. The second-order valence-electron chi connectivity index (χ2n) is 2.63. The molecule has 0 spiro atoms. The maximum absolute atomic E-state index is 12.0. The summed E-state index contributed by atoms with van der Waals surface area (Å²) in [4.78, 5) is 11.2. The molecule has 1 N–H and O–H groups in total. The molecule has 0 aromatic rings. The van der Waals surface area contributed by atoms with E-state index in [1.165, 1.54) is 0 Å². The number of amides is 1. The maximum Gasteiger partial charge on any atom is 0.418 e. The number of halogens is 3. The fraction of sp³-hybridized carbons (Fsp3) is 0.833. The predicted molar refractivity (Wildman–Crippen MR) is 54.3 cm³/mol. The van der Waals surface area contributed by atoms with Crippen LogP contribution in [0.5, 0.6) is 0 Å². The summed E-state index contributed by atoms with van der Waals surface area (Å²) in [6, 6.07) is 0. The lowest BCUT2D eigenvalue weighted by Gasteiger charge is -2.16. The minimum Gasteiger partial charge on any atom is -0.305 e. The molecule has 0 fully saturated rings. The molecule has 0 aromatic carbocycles. The fourth-order valence-corrected chi connectivity index (χ4v) is 1.90. The first-order valence-electron chi connectivity index (χ1n) is 4.08. The van der Waals surface area contributed by atoms with Gasteiger partial charge >= 0.3 is 19.4 Å². The summed E-state index contributed by atoms with van der Waals surface area (Å²) in [6.45, 7) is 0.755. The van der Waals surface area contributed by atoms with Crippen LogP contribution < -0.4 is 4.72 Å². The van der Waals surface area contributed by atoms with E-state index < -0.39 is 25.5 Å². The van der Waals surface area contributed by atoms with Crippen molar-refractivity contribution in [2.75, 3.05) is 14.2 Å². The van der Waals surface area contributed by atoms with Crippen LogP contribution >= 0.6 is 19.8 Å². The van der Waals surface area contributed by atoms with Crippen LogP contribution in [0.3, 0.4) is 0 Å². The summed E-state index contributed by atoms with van der Waals surface area (Å²) in [5.74, 6) is 0. The van der Waals surface area contributed by atoms with Crippen molar-refractivity contribution >= 4 is 25.5 Å². The van der Waals surface area contributed by atoms with E-state index in [1.807, 2.05) is 0 Å². The molecule has 6 nitrogen and oxygen atoms in total. The van der Waals surface area contributed by atoms with Gasteiger partial charge in [-0.05, 0) is 6.92 Å². The number of carbonyl (C=O) groups excluding carboxylic acids is 1. The fourth-order valence-electron chi connectivity index (χ4n) is 0.483. The van der Waals surface area contributed by atoms with Crippen LogP contribution in [-0.2, 0) is 17.8 Å². The van der Waals surface area contributed by atoms with Crippen molar-refractivity contribution in [2.45, 2.75) is 19.2 Å². The van der Waals surface area contributed by atoms with E-state index in [0.717, 1.165) is 21.1 Å². The molecule has 0 aliphatic carbocycles. The number of carbonyl (C=O) groups is 1. The normalized spacial score (nSPS) is 14.5. The third-order valence-electron chi connectivity index (χ3n) is 1.51. The molecular weight excluding hydrogens is 286 g/mol. The topological polar surface area (TPSA) is 73.9 Å². The number of hydrogen-bond donors (Lipinski definition) is 1. The predicted octanol–water partition coefficient (Wildman–Crippen LogP) is 2.71. The van der Waals surface area contributed by atoms with Gasteiger partial charge in [0.15, 0.2) is 6.10 Å². The van der Waals surface area contributed by atoms with Gasteiger partial charge in [-0.3, -0.25) is 13.7 Å². The lowest BCUT2D eigenvalue weighted by Crippen LogP contribution is -2.28. The Morgan fingerprint density at radius 1 is 1.35 bits per heavy atom. The zero-order chi connectivity index (χ0) is 13.7. The van der Waals surface area contributed by atoms with E-state index >= 15 is 0 Å². The smallest absolute Gasteiger partial charge is 0.305 e. The zero-order valence-electron chi connectivity index (χ0n) is 9.11.